The van der Waals surface area contributed by atoms with Crippen molar-refractivity contribution in [3.63, 3.8) is 0 Å². The Kier molecular flexibility index (Phi) is 6.75. The number of nitrogens with zero attached hydrogens (tertiary/aromatic N) is 4. The number of ether oxygens (including phenoxy) is 1. The normalized spacial score (nSPS) is 11.7. The van der Waals surface area contributed by atoms with Gasteiger partial charge in [0.05, 0.1) is 11.4 Å². The summed E-state index contributed by atoms with van der Waals surface area (Å²) < 4.78 is 11.6. The van der Waals surface area contributed by atoms with E-state index >= 15 is 0 Å². The molecule has 0 bridgehead atoms. The Labute approximate surface area is 183 Å². The molecule has 8 nitrogen and oxygen atoms in total. The Balaban J connectivity index is 1.51. The van der Waals surface area contributed by atoms with E-state index in [2.05, 4.69) is 15.2 Å². The van der Waals surface area contributed by atoms with Crippen LogP contribution in [0.2, 0.25) is 0 Å². The summed E-state index contributed by atoms with van der Waals surface area (Å²) in [5.41, 5.74) is 3.78. The number of rotatable bonds is 9. The molecule has 0 saturated carbocycles. The standard InChI is InChI=1S/C22H21N5O3S/c1-29-13-12-27-14-19(30-26-27)23-18(28)15-31-22-24-20(16-8-4-2-5-9-16)21(25-22)17-10-6-3-7-11-17/h2-11,14H,12-13,15H2,1H3,(H-,23,24,25,26,28). The van der Waals surface area contributed by atoms with Crippen LogP contribution in [0.3, 0.4) is 0 Å². The minimum absolute atomic E-state index is 0.120. The topological polar surface area (TPSA) is 103 Å². The fourth-order valence-corrected chi connectivity index (χ4v) is 3.59. The molecule has 0 aliphatic rings. The fourth-order valence-electron chi connectivity index (χ4n) is 2.93. The molecule has 4 rings (SSSR count). The molecule has 158 valence electrons. The Bertz CT molecular complexity index is 1090. The first-order valence-electron chi connectivity index (χ1n) is 9.66. The maximum absolute atomic E-state index is 12.3. The lowest BCUT2D eigenvalue weighted by Crippen LogP contribution is -2.36. The van der Waals surface area contributed by atoms with E-state index in [1.807, 2.05) is 60.7 Å². The van der Waals surface area contributed by atoms with Crippen LogP contribution in [0.5, 0.6) is 0 Å². The van der Waals surface area contributed by atoms with E-state index in [9.17, 15) is 5.11 Å². The van der Waals surface area contributed by atoms with Crippen LogP contribution in [0.25, 0.3) is 22.5 Å². The first-order chi connectivity index (χ1) is 15.2. The number of hydrogen-bond donors (Lipinski definition) is 1. The molecule has 0 saturated heterocycles. The van der Waals surface area contributed by atoms with E-state index in [0.29, 0.717) is 18.3 Å². The maximum atomic E-state index is 12.3. The zero-order chi connectivity index (χ0) is 21.5. The van der Waals surface area contributed by atoms with Gasteiger partial charge in [-0.05, 0) is 10.6 Å². The number of imidazole rings is 1. The summed E-state index contributed by atoms with van der Waals surface area (Å²) in [6.45, 7) is 1.02. The van der Waals surface area contributed by atoms with Crippen molar-refractivity contribution < 1.29 is 19.0 Å². The van der Waals surface area contributed by atoms with Crippen molar-refractivity contribution >= 4 is 23.5 Å². The van der Waals surface area contributed by atoms with Crippen LogP contribution < -0.4 is 9.79 Å². The third-order valence-corrected chi connectivity index (χ3v) is 5.24. The van der Waals surface area contributed by atoms with Crippen LogP contribution in [0.15, 0.2) is 81.5 Å². The Hall–Kier alpha value is -3.43. The number of methoxy groups -OCH3 is 1. The monoisotopic (exact) mass is 435 g/mol. The molecule has 0 spiro atoms. The van der Waals surface area contributed by atoms with Crippen molar-refractivity contribution in [1.29, 1.82) is 0 Å². The van der Waals surface area contributed by atoms with E-state index in [4.69, 9.17) is 14.2 Å². The lowest BCUT2D eigenvalue weighted by atomic mass is 10.1. The average molecular weight is 436 g/mol. The van der Waals surface area contributed by atoms with Gasteiger partial charge in [-0.25, -0.2) is 9.98 Å². The summed E-state index contributed by atoms with van der Waals surface area (Å²) in [5, 5.41) is 16.7. The summed E-state index contributed by atoms with van der Waals surface area (Å²) in [6.07, 6.45) is 1.56. The van der Waals surface area contributed by atoms with E-state index < -0.39 is 0 Å². The number of thioether (sulfide) groups is 1. The first kappa shape index (κ1) is 20.8. The maximum Gasteiger partial charge on any atom is 0.320 e. The molecule has 0 unspecified atom stereocenters. The van der Waals surface area contributed by atoms with Crippen molar-refractivity contribution in [3.05, 3.63) is 66.9 Å². The molecule has 0 aliphatic carbocycles. The second kappa shape index (κ2) is 10.1. The highest BCUT2D eigenvalue weighted by Gasteiger charge is 2.14. The Morgan fingerprint density at radius 1 is 1.13 bits per heavy atom. The molecule has 9 heteroatoms. The molecule has 2 aromatic heterocycles. The Morgan fingerprint density at radius 2 is 1.84 bits per heavy atom. The van der Waals surface area contributed by atoms with Gasteiger partial charge >= 0.3 is 5.88 Å². The van der Waals surface area contributed by atoms with Gasteiger partial charge < -0.3 is 14.8 Å². The number of H-pyrrole nitrogens is 1. The van der Waals surface area contributed by atoms with Crippen molar-refractivity contribution in [1.82, 2.24) is 15.2 Å². The summed E-state index contributed by atoms with van der Waals surface area (Å²) >= 11 is 1.29. The predicted molar refractivity (Wildman–Crippen MR) is 116 cm³/mol. The number of hydrogen-bond acceptors (Lipinski definition) is 7. The van der Waals surface area contributed by atoms with Gasteiger partial charge in [-0.1, -0.05) is 72.4 Å². The molecule has 2 aromatic carbocycles. The predicted octanol–water partition coefficient (Wildman–Crippen LogP) is 2.85. The molecule has 0 radical (unpaired) electrons. The van der Waals surface area contributed by atoms with Crippen molar-refractivity contribution in [3.8, 4) is 22.5 Å². The molecule has 31 heavy (non-hydrogen) atoms. The van der Waals surface area contributed by atoms with E-state index in [-0.39, 0.29) is 17.5 Å². The third-order valence-electron chi connectivity index (χ3n) is 4.38. The number of benzene rings is 2. The second-order valence-corrected chi connectivity index (χ2v) is 7.55. The van der Waals surface area contributed by atoms with Crippen LogP contribution in [0, 0.1) is 0 Å². The minimum atomic E-state index is -0.334. The van der Waals surface area contributed by atoms with Gasteiger partial charge in [0.25, 0.3) is 6.20 Å². The molecule has 0 atom stereocenters. The summed E-state index contributed by atoms with van der Waals surface area (Å²) in [6, 6.07) is 19.9. The van der Waals surface area contributed by atoms with E-state index in [1.54, 1.807) is 13.3 Å². The van der Waals surface area contributed by atoms with Crippen molar-refractivity contribution in [2.45, 2.75) is 11.7 Å². The molecule has 4 aromatic rings. The van der Waals surface area contributed by atoms with Gasteiger partial charge in [-0.15, -0.1) is 0 Å². The summed E-state index contributed by atoms with van der Waals surface area (Å²) in [4.78, 5) is 12.0. The molecule has 0 aliphatic heterocycles. The number of nitrogens with one attached hydrogen (secondary N) is 1. The molecule has 2 heterocycles. The molecular weight excluding hydrogens is 414 g/mol. The Morgan fingerprint density at radius 3 is 2.55 bits per heavy atom. The zero-order valence-electron chi connectivity index (χ0n) is 16.9. The van der Waals surface area contributed by atoms with Crippen LogP contribution in [0.4, 0.5) is 5.88 Å². The van der Waals surface area contributed by atoms with Crippen LogP contribution in [0.1, 0.15) is 0 Å². The van der Waals surface area contributed by atoms with Gasteiger partial charge in [0.1, 0.15) is 6.61 Å². The zero-order valence-corrected chi connectivity index (χ0v) is 17.7. The van der Waals surface area contributed by atoms with Gasteiger partial charge in [-0.3, -0.25) is 4.52 Å². The highest BCUT2D eigenvalue weighted by Crippen LogP contribution is 2.32. The molecule has 0 fully saturated rings. The van der Waals surface area contributed by atoms with E-state index in [0.717, 1.165) is 22.5 Å². The highest BCUT2D eigenvalue weighted by molar-refractivity contribution is 7.99. The molecule has 1 N–H and O–H groups in total. The van der Waals surface area contributed by atoms with Crippen molar-refractivity contribution in [2.75, 3.05) is 19.5 Å². The lowest BCUT2D eigenvalue weighted by Gasteiger charge is -2.06. The SMILES string of the molecule is COCC[n+]1cc(/N=C(/[O-])CSc2nc(-c3ccccc3)c(-c3ccccc3)[nH]2)on1. The quantitative estimate of drug-likeness (QED) is 0.188. The number of aromatic nitrogens is 4. The minimum Gasteiger partial charge on any atom is -0.861 e. The van der Waals surface area contributed by atoms with Crippen molar-refractivity contribution in [2.24, 2.45) is 4.99 Å². The second-order valence-electron chi connectivity index (χ2n) is 6.59. The number of aromatic amines is 1. The summed E-state index contributed by atoms with van der Waals surface area (Å²) in [7, 11) is 1.60. The molecular formula is C22H21N5O3S. The lowest BCUT2D eigenvalue weighted by molar-refractivity contribution is -0.763. The summed E-state index contributed by atoms with van der Waals surface area (Å²) in [5.74, 6) is -0.0515. The van der Waals surface area contributed by atoms with Gasteiger partial charge in [0.15, 0.2) is 5.16 Å². The molecule has 0 amide bonds. The first-order valence-corrected chi connectivity index (χ1v) is 10.6. The van der Waals surface area contributed by atoms with E-state index in [1.165, 1.54) is 16.4 Å². The van der Waals surface area contributed by atoms with Gasteiger partial charge in [0, 0.05) is 24.0 Å². The smallest absolute Gasteiger partial charge is 0.320 e. The van der Waals surface area contributed by atoms with Crippen LogP contribution >= 0.6 is 11.8 Å². The van der Waals surface area contributed by atoms with Gasteiger partial charge in [-0.2, -0.15) is 0 Å². The van der Waals surface area contributed by atoms with Crippen LogP contribution in [-0.2, 0) is 11.3 Å². The number of aliphatic imine (C=N–C) groups is 1. The highest BCUT2D eigenvalue weighted by atomic mass is 32.2. The fraction of sp³-hybridized carbons (Fsp3) is 0.182. The largest absolute Gasteiger partial charge is 0.861 e. The average Bonchev–Trinajstić information content (AvgIpc) is 3.44. The third kappa shape index (κ3) is 5.39. The van der Waals surface area contributed by atoms with Crippen LogP contribution in [-0.4, -0.2) is 40.6 Å². The van der Waals surface area contributed by atoms with Gasteiger partial charge in [0.2, 0.25) is 11.8 Å².